The molecule has 0 saturated carbocycles. The molecule has 0 bridgehead atoms. The molecule has 3 rings (SSSR count). The van der Waals surface area contributed by atoms with Gasteiger partial charge in [-0.15, -0.1) is 0 Å². The van der Waals surface area contributed by atoms with E-state index in [0.717, 1.165) is 52.7 Å². The van der Waals surface area contributed by atoms with E-state index < -0.39 is 0 Å². The minimum atomic E-state index is -0.0803. The van der Waals surface area contributed by atoms with E-state index >= 15 is 0 Å². The lowest BCUT2D eigenvalue weighted by atomic mass is 10.0. The van der Waals surface area contributed by atoms with Crippen LogP contribution < -0.4 is 11.1 Å². The first kappa shape index (κ1) is 13.6. The smallest absolute Gasteiger partial charge is 0.0954 e. The van der Waals surface area contributed by atoms with E-state index in [1.807, 2.05) is 18.2 Å². The summed E-state index contributed by atoms with van der Waals surface area (Å²) in [6.45, 7) is 3.78. The Kier molecular flexibility index (Phi) is 3.56. The number of fused-ring (bicyclic) bond motifs is 1. The highest BCUT2D eigenvalue weighted by Crippen LogP contribution is 2.30. The van der Waals surface area contributed by atoms with Gasteiger partial charge in [-0.1, -0.05) is 0 Å². The van der Waals surface area contributed by atoms with E-state index in [4.69, 9.17) is 10.5 Å². The van der Waals surface area contributed by atoms with Gasteiger partial charge in [-0.2, -0.15) is 0 Å². The first-order valence-electron chi connectivity index (χ1n) is 6.79. The van der Waals surface area contributed by atoms with Gasteiger partial charge in [-0.25, -0.2) is 0 Å². The standard InChI is InChI=1S/C15H18BrN3O/c1-15(5-2-6-20-15)9-19-13-4-3-12(17)11-7-10(16)8-18-14(11)13/h3-4,7-8,19H,2,5-6,9,17H2,1H3. The molecule has 0 spiro atoms. The van der Waals surface area contributed by atoms with Crippen LogP contribution in [0.25, 0.3) is 10.9 Å². The molecule has 1 unspecified atom stereocenters. The van der Waals surface area contributed by atoms with Crippen LogP contribution in [0.15, 0.2) is 28.9 Å². The molecule has 3 N–H and O–H groups in total. The van der Waals surface area contributed by atoms with Crippen LogP contribution in [-0.4, -0.2) is 23.7 Å². The summed E-state index contributed by atoms with van der Waals surface area (Å²) in [6, 6.07) is 5.89. The molecule has 1 aromatic carbocycles. The molecule has 1 fully saturated rings. The minimum Gasteiger partial charge on any atom is -0.398 e. The molecular weight excluding hydrogens is 318 g/mol. The molecule has 1 aliphatic rings. The Morgan fingerprint density at radius 3 is 3.10 bits per heavy atom. The van der Waals surface area contributed by atoms with Gasteiger partial charge in [-0.3, -0.25) is 4.98 Å². The van der Waals surface area contributed by atoms with Crippen molar-refractivity contribution in [3.63, 3.8) is 0 Å². The Labute approximate surface area is 126 Å². The molecule has 2 heterocycles. The lowest BCUT2D eigenvalue weighted by Crippen LogP contribution is -2.32. The second-order valence-electron chi connectivity index (χ2n) is 5.51. The quantitative estimate of drug-likeness (QED) is 0.842. The summed E-state index contributed by atoms with van der Waals surface area (Å²) in [6.07, 6.45) is 4.01. The van der Waals surface area contributed by atoms with Crippen molar-refractivity contribution in [2.24, 2.45) is 0 Å². The Hall–Kier alpha value is -1.33. The second-order valence-corrected chi connectivity index (χ2v) is 6.42. The number of nitrogen functional groups attached to an aromatic ring is 1. The zero-order valence-electron chi connectivity index (χ0n) is 11.4. The maximum absolute atomic E-state index is 6.02. The van der Waals surface area contributed by atoms with Gasteiger partial charge in [-0.05, 0) is 53.9 Å². The third-order valence-electron chi connectivity index (χ3n) is 3.80. The number of anilines is 2. The average molecular weight is 336 g/mol. The maximum Gasteiger partial charge on any atom is 0.0954 e. The first-order chi connectivity index (χ1) is 9.57. The van der Waals surface area contributed by atoms with Gasteiger partial charge in [0, 0.05) is 34.9 Å². The van der Waals surface area contributed by atoms with Crippen LogP contribution in [0.2, 0.25) is 0 Å². The molecule has 0 radical (unpaired) electrons. The van der Waals surface area contributed by atoms with Crippen molar-refractivity contribution in [1.29, 1.82) is 0 Å². The van der Waals surface area contributed by atoms with Crippen molar-refractivity contribution in [1.82, 2.24) is 4.98 Å². The predicted molar refractivity (Wildman–Crippen MR) is 85.9 cm³/mol. The van der Waals surface area contributed by atoms with Crippen LogP contribution >= 0.6 is 15.9 Å². The van der Waals surface area contributed by atoms with Crippen LogP contribution in [0.4, 0.5) is 11.4 Å². The number of ether oxygens (including phenoxy) is 1. The van der Waals surface area contributed by atoms with E-state index in [1.165, 1.54) is 0 Å². The number of nitrogens with two attached hydrogens (primary N) is 1. The van der Waals surface area contributed by atoms with Gasteiger partial charge in [0.05, 0.1) is 16.8 Å². The molecule has 0 aliphatic carbocycles. The molecule has 4 nitrogen and oxygen atoms in total. The Bertz CT molecular complexity index is 638. The summed E-state index contributed by atoms with van der Waals surface area (Å²) in [5, 5.41) is 4.42. The molecular formula is C15H18BrN3O. The predicted octanol–water partition coefficient (Wildman–Crippen LogP) is 3.56. The van der Waals surface area contributed by atoms with Gasteiger partial charge in [0.2, 0.25) is 0 Å². The Morgan fingerprint density at radius 1 is 1.50 bits per heavy atom. The fourth-order valence-electron chi connectivity index (χ4n) is 2.62. The number of nitrogens with one attached hydrogen (secondary N) is 1. The summed E-state index contributed by atoms with van der Waals surface area (Å²) in [4.78, 5) is 4.48. The first-order valence-corrected chi connectivity index (χ1v) is 7.58. The molecule has 5 heteroatoms. The van der Waals surface area contributed by atoms with Crippen molar-refractivity contribution >= 4 is 38.2 Å². The number of rotatable bonds is 3. The van der Waals surface area contributed by atoms with E-state index in [9.17, 15) is 0 Å². The molecule has 1 saturated heterocycles. The number of aromatic nitrogens is 1. The number of hydrogen-bond acceptors (Lipinski definition) is 4. The SMILES string of the molecule is CC1(CNc2ccc(N)c3cc(Br)cnc23)CCCO1. The second kappa shape index (κ2) is 5.22. The summed E-state index contributed by atoms with van der Waals surface area (Å²) in [7, 11) is 0. The Balaban J connectivity index is 1.90. The largest absolute Gasteiger partial charge is 0.398 e. The highest BCUT2D eigenvalue weighted by Gasteiger charge is 2.29. The summed E-state index contributed by atoms with van der Waals surface area (Å²) in [5.74, 6) is 0. The lowest BCUT2D eigenvalue weighted by molar-refractivity contribution is 0.0315. The van der Waals surface area contributed by atoms with Crippen LogP contribution in [-0.2, 0) is 4.74 Å². The number of benzene rings is 1. The molecule has 0 amide bonds. The highest BCUT2D eigenvalue weighted by atomic mass is 79.9. The van der Waals surface area contributed by atoms with Crippen LogP contribution in [0.3, 0.4) is 0 Å². The van der Waals surface area contributed by atoms with Crippen molar-refractivity contribution in [2.75, 3.05) is 24.2 Å². The molecule has 1 atom stereocenters. The van der Waals surface area contributed by atoms with Gasteiger partial charge in [0.15, 0.2) is 0 Å². The van der Waals surface area contributed by atoms with Crippen LogP contribution in [0.1, 0.15) is 19.8 Å². The van der Waals surface area contributed by atoms with Crippen molar-refractivity contribution in [2.45, 2.75) is 25.4 Å². The molecule has 1 aliphatic heterocycles. The monoisotopic (exact) mass is 335 g/mol. The third-order valence-corrected chi connectivity index (χ3v) is 4.24. The summed E-state index contributed by atoms with van der Waals surface area (Å²) in [5.41, 5.74) is 8.58. The summed E-state index contributed by atoms with van der Waals surface area (Å²) < 4.78 is 6.73. The lowest BCUT2D eigenvalue weighted by Gasteiger charge is -2.24. The summed E-state index contributed by atoms with van der Waals surface area (Å²) >= 11 is 3.43. The van der Waals surface area contributed by atoms with Gasteiger partial charge < -0.3 is 15.8 Å². The number of hydrogen-bond donors (Lipinski definition) is 2. The molecule has 1 aromatic heterocycles. The normalized spacial score (nSPS) is 22.3. The van der Waals surface area contributed by atoms with E-state index in [1.54, 1.807) is 6.20 Å². The van der Waals surface area contributed by atoms with Crippen LogP contribution in [0, 0.1) is 0 Å². The minimum absolute atomic E-state index is 0.0803. The van der Waals surface area contributed by atoms with Gasteiger partial charge in [0.25, 0.3) is 0 Å². The number of halogens is 1. The fourth-order valence-corrected chi connectivity index (χ4v) is 2.95. The van der Waals surface area contributed by atoms with E-state index in [2.05, 4.69) is 33.2 Å². The van der Waals surface area contributed by atoms with E-state index in [-0.39, 0.29) is 5.60 Å². The van der Waals surface area contributed by atoms with Gasteiger partial charge in [0.1, 0.15) is 0 Å². The third kappa shape index (κ3) is 2.60. The van der Waals surface area contributed by atoms with Crippen molar-refractivity contribution in [3.8, 4) is 0 Å². The fraction of sp³-hybridized carbons (Fsp3) is 0.400. The van der Waals surface area contributed by atoms with Crippen molar-refractivity contribution < 1.29 is 4.74 Å². The average Bonchev–Trinajstić information content (AvgIpc) is 2.86. The van der Waals surface area contributed by atoms with E-state index in [0.29, 0.717) is 0 Å². The molecule has 2 aromatic rings. The van der Waals surface area contributed by atoms with Crippen LogP contribution in [0.5, 0.6) is 0 Å². The topological polar surface area (TPSA) is 60.2 Å². The van der Waals surface area contributed by atoms with Crippen molar-refractivity contribution in [3.05, 3.63) is 28.9 Å². The van der Waals surface area contributed by atoms with Gasteiger partial charge >= 0.3 is 0 Å². The molecule has 106 valence electrons. The highest BCUT2D eigenvalue weighted by molar-refractivity contribution is 9.10. The molecule has 20 heavy (non-hydrogen) atoms. The number of pyridine rings is 1. The number of nitrogens with zero attached hydrogens (tertiary/aromatic N) is 1. The Morgan fingerprint density at radius 2 is 2.35 bits per heavy atom. The maximum atomic E-state index is 6.02. The zero-order chi connectivity index (χ0) is 14.2. The zero-order valence-corrected chi connectivity index (χ0v) is 13.0.